The van der Waals surface area contributed by atoms with E-state index in [1.807, 2.05) is 0 Å². The topological polar surface area (TPSA) is 131 Å². The molecule has 1 fully saturated rings. The zero-order valence-electron chi connectivity index (χ0n) is 15.4. The van der Waals surface area contributed by atoms with Gasteiger partial charge in [0.2, 0.25) is 5.91 Å². The Morgan fingerprint density at radius 3 is 2.67 bits per heavy atom. The molecule has 2 aromatic carbocycles. The summed E-state index contributed by atoms with van der Waals surface area (Å²) in [6, 6.07) is 11.5. The molecule has 2 aromatic rings. The van der Waals surface area contributed by atoms with Crippen molar-refractivity contribution in [2.24, 2.45) is 11.0 Å². The van der Waals surface area contributed by atoms with Crippen LogP contribution in [0.2, 0.25) is 5.02 Å². The number of hydrogen-bond donors (Lipinski definition) is 1. The summed E-state index contributed by atoms with van der Waals surface area (Å²) >= 11 is 6.20. The third-order valence-corrected chi connectivity index (χ3v) is 5.39. The summed E-state index contributed by atoms with van der Waals surface area (Å²) in [7, 11) is 1.12. The van der Waals surface area contributed by atoms with Gasteiger partial charge in [-0.25, -0.2) is 9.69 Å². The fraction of sp³-hybridized carbons (Fsp3) is 0.158. The molecule has 11 heteroatoms. The fourth-order valence-electron chi connectivity index (χ4n) is 3.71. The lowest BCUT2D eigenvalue weighted by molar-refractivity contribution is -0.385. The van der Waals surface area contributed by atoms with Crippen LogP contribution >= 0.6 is 11.6 Å². The Labute approximate surface area is 174 Å². The van der Waals surface area contributed by atoms with Gasteiger partial charge < -0.3 is 4.74 Å². The predicted octanol–water partition coefficient (Wildman–Crippen LogP) is 1.77. The molecule has 0 spiro atoms. The second-order valence-electron chi connectivity index (χ2n) is 6.58. The molecule has 0 radical (unpaired) electrons. The van der Waals surface area contributed by atoms with E-state index in [2.05, 4.69) is 10.5 Å². The highest BCUT2D eigenvalue weighted by Crippen LogP contribution is 2.46. The number of anilines is 1. The monoisotopic (exact) mass is 428 g/mol. The Hall–Kier alpha value is -3.79. The van der Waals surface area contributed by atoms with Crippen molar-refractivity contribution in [2.75, 3.05) is 12.0 Å². The van der Waals surface area contributed by atoms with Gasteiger partial charge in [-0.3, -0.25) is 25.1 Å². The van der Waals surface area contributed by atoms with Gasteiger partial charge in [0.05, 0.1) is 22.7 Å². The number of para-hydroxylation sites is 1. The van der Waals surface area contributed by atoms with Crippen LogP contribution in [0.4, 0.5) is 11.4 Å². The standard InChI is InChI=1S/C19H13ClN4O6/c1-30-17(26)15-14-16(25)23(13-8-3-2-7-12(13)20)18(27)19(14,22-21-15)10-5-4-6-11(9-10)24(28)29/h2-9,14,22H,1H3/t14-,19-/m1/s1. The summed E-state index contributed by atoms with van der Waals surface area (Å²) in [5.74, 6) is -3.82. The minimum atomic E-state index is -1.86. The van der Waals surface area contributed by atoms with E-state index in [0.717, 1.165) is 18.1 Å². The second kappa shape index (κ2) is 6.92. The molecule has 2 amide bonds. The van der Waals surface area contributed by atoms with Gasteiger partial charge in [-0.05, 0) is 17.7 Å². The molecule has 2 atom stereocenters. The molecule has 0 aliphatic carbocycles. The lowest BCUT2D eigenvalue weighted by Crippen LogP contribution is -2.48. The van der Waals surface area contributed by atoms with E-state index in [-0.39, 0.29) is 27.7 Å². The number of benzene rings is 2. The SMILES string of the molecule is COC(=O)C1=NN[C@@]2(c3cccc([N+](=O)[O-])c3)C(=O)N(c3ccccc3Cl)C(=O)[C@@H]12. The number of hydrogen-bond acceptors (Lipinski definition) is 8. The summed E-state index contributed by atoms with van der Waals surface area (Å²) in [6.07, 6.45) is 0. The number of carbonyl (C=O) groups is 3. The van der Waals surface area contributed by atoms with E-state index in [1.165, 1.54) is 30.3 Å². The number of esters is 1. The molecule has 1 saturated heterocycles. The molecular weight excluding hydrogens is 416 g/mol. The third-order valence-electron chi connectivity index (χ3n) is 5.07. The van der Waals surface area contributed by atoms with Crippen LogP contribution in [0.15, 0.2) is 53.6 Å². The van der Waals surface area contributed by atoms with Crippen molar-refractivity contribution in [1.29, 1.82) is 0 Å². The Morgan fingerprint density at radius 2 is 2.00 bits per heavy atom. The van der Waals surface area contributed by atoms with E-state index in [1.54, 1.807) is 12.1 Å². The first-order valence-electron chi connectivity index (χ1n) is 8.64. The number of ether oxygens (including phenoxy) is 1. The number of fused-ring (bicyclic) bond motifs is 1. The van der Waals surface area contributed by atoms with E-state index in [4.69, 9.17) is 16.3 Å². The number of rotatable bonds is 4. The van der Waals surface area contributed by atoms with Crippen molar-refractivity contribution in [3.63, 3.8) is 0 Å². The molecule has 10 nitrogen and oxygen atoms in total. The molecule has 152 valence electrons. The van der Waals surface area contributed by atoms with E-state index < -0.39 is 34.2 Å². The molecule has 30 heavy (non-hydrogen) atoms. The van der Waals surface area contributed by atoms with Crippen molar-refractivity contribution in [2.45, 2.75) is 5.54 Å². The first-order valence-corrected chi connectivity index (χ1v) is 9.01. The number of carbonyl (C=O) groups excluding carboxylic acids is 3. The highest BCUT2D eigenvalue weighted by molar-refractivity contribution is 6.48. The molecule has 2 heterocycles. The number of nitro benzene ring substituents is 1. The molecule has 1 N–H and O–H groups in total. The molecule has 0 saturated carbocycles. The molecule has 0 aromatic heterocycles. The predicted molar refractivity (Wildman–Crippen MR) is 105 cm³/mol. The lowest BCUT2D eigenvalue weighted by atomic mass is 9.78. The summed E-state index contributed by atoms with van der Waals surface area (Å²) in [6.45, 7) is 0. The van der Waals surface area contributed by atoms with Crippen LogP contribution in [0.5, 0.6) is 0 Å². The smallest absolute Gasteiger partial charge is 0.355 e. The number of nitrogens with one attached hydrogen (secondary N) is 1. The first kappa shape index (κ1) is 19.5. The highest BCUT2D eigenvalue weighted by atomic mass is 35.5. The third kappa shape index (κ3) is 2.57. The Morgan fingerprint density at radius 1 is 1.27 bits per heavy atom. The largest absolute Gasteiger partial charge is 0.464 e. The van der Waals surface area contributed by atoms with Gasteiger partial charge in [0, 0.05) is 12.1 Å². The van der Waals surface area contributed by atoms with E-state index in [0.29, 0.717) is 0 Å². The van der Waals surface area contributed by atoms with Crippen molar-refractivity contribution in [3.05, 3.63) is 69.2 Å². The van der Waals surface area contributed by atoms with Crippen LogP contribution in [-0.2, 0) is 24.7 Å². The summed E-state index contributed by atoms with van der Waals surface area (Å²) in [5.41, 5.74) is 0.371. The van der Waals surface area contributed by atoms with Crippen LogP contribution in [0.3, 0.4) is 0 Å². The average Bonchev–Trinajstić information content (AvgIpc) is 3.24. The molecular formula is C19H13ClN4O6. The van der Waals surface area contributed by atoms with Gasteiger partial charge in [-0.15, -0.1) is 0 Å². The fourth-order valence-corrected chi connectivity index (χ4v) is 3.93. The number of nitrogens with zero attached hydrogens (tertiary/aromatic N) is 3. The summed E-state index contributed by atoms with van der Waals surface area (Å²) < 4.78 is 4.71. The number of nitro groups is 1. The molecule has 0 unspecified atom stereocenters. The van der Waals surface area contributed by atoms with Crippen molar-refractivity contribution < 1.29 is 24.0 Å². The zero-order chi connectivity index (χ0) is 21.6. The summed E-state index contributed by atoms with van der Waals surface area (Å²) in [5, 5.41) is 15.3. The van der Waals surface area contributed by atoms with Crippen LogP contribution < -0.4 is 10.3 Å². The van der Waals surface area contributed by atoms with Crippen molar-refractivity contribution >= 4 is 46.5 Å². The highest BCUT2D eigenvalue weighted by Gasteiger charge is 2.67. The zero-order valence-corrected chi connectivity index (χ0v) is 16.1. The van der Waals surface area contributed by atoms with E-state index >= 15 is 0 Å². The Bertz CT molecular complexity index is 1150. The normalized spacial score (nSPS) is 22.4. The van der Waals surface area contributed by atoms with Gasteiger partial charge in [0.15, 0.2) is 11.3 Å². The number of amides is 2. The quantitative estimate of drug-likeness (QED) is 0.339. The van der Waals surface area contributed by atoms with Crippen molar-refractivity contribution in [3.8, 4) is 0 Å². The molecule has 0 bridgehead atoms. The molecule has 2 aliphatic heterocycles. The van der Waals surface area contributed by atoms with E-state index in [9.17, 15) is 24.5 Å². The maximum Gasteiger partial charge on any atom is 0.355 e. The molecule has 2 aliphatic rings. The Kier molecular flexibility index (Phi) is 4.50. The van der Waals surface area contributed by atoms with Gasteiger partial charge >= 0.3 is 5.97 Å². The minimum absolute atomic E-state index is 0.109. The minimum Gasteiger partial charge on any atom is -0.464 e. The van der Waals surface area contributed by atoms with Gasteiger partial charge in [-0.2, -0.15) is 5.10 Å². The number of methoxy groups -OCH3 is 1. The number of imide groups is 1. The average molecular weight is 429 g/mol. The van der Waals surface area contributed by atoms with Crippen molar-refractivity contribution in [1.82, 2.24) is 5.43 Å². The van der Waals surface area contributed by atoms with Crippen LogP contribution in [0, 0.1) is 16.0 Å². The Balaban J connectivity index is 1.93. The van der Waals surface area contributed by atoms with Gasteiger partial charge in [0.1, 0.15) is 5.92 Å². The maximum absolute atomic E-state index is 13.6. The molecule has 4 rings (SSSR count). The van der Waals surface area contributed by atoms with Gasteiger partial charge in [-0.1, -0.05) is 35.9 Å². The van der Waals surface area contributed by atoms with Gasteiger partial charge in [0.25, 0.3) is 11.6 Å². The summed E-state index contributed by atoms with van der Waals surface area (Å²) in [4.78, 5) is 50.7. The lowest BCUT2D eigenvalue weighted by Gasteiger charge is -2.26. The number of halogens is 1. The van der Waals surface area contributed by atoms with Crippen LogP contribution in [-0.4, -0.2) is 35.5 Å². The van der Waals surface area contributed by atoms with Crippen LogP contribution in [0.25, 0.3) is 0 Å². The second-order valence-corrected chi connectivity index (χ2v) is 6.99. The number of non-ortho nitro benzene ring substituents is 1. The number of hydrazone groups is 1. The maximum atomic E-state index is 13.6. The van der Waals surface area contributed by atoms with Crippen LogP contribution in [0.1, 0.15) is 5.56 Å². The first-order chi connectivity index (χ1) is 14.3.